The van der Waals surface area contributed by atoms with Gasteiger partial charge >= 0.3 is 0 Å². The minimum absolute atomic E-state index is 0.541. The lowest BCUT2D eigenvalue weighted by molar-refractivity contribution is 0.306. The topological polar surface area (TPSA) is 22.1 Å². The normalized spacial score (nSPS) is 10.6. The van der Waals surface area contributed by atoms with E-state index in [0.29, 0.717) is 6.61 Å². The van der Waals surface area contributed by atoms with Crippen LogP contribution in [-0.4, -0.2) is 4.98 Å². The first-order valence-corrected chi connectivity index (χ1v) is 6.82. The van der Waals surface area contributed by atoms with Crippen molar-refractivity contribution in [1.29, 1.82) is 0 Å². The molecule has 0 fully saturated rings. The molecule has 2 nitrogen and oxygen atoms in total. The van der Waals surface area contributed by atoms with Crippen LogP contribution in [0.2, 0.25) is 0 Å². The van der Waals surface area contributed by atoms with E-state index < -0.39 is 0 Å². The van der Waals surface area contributed by atoms with Crippen LogP contribution in [0, 0.1) is 0 Å². The Labute approximate surface area is 120 Å². The van der Waals surface area contributed by atoms with Crippen molar-refractivity contribution in [2.45, 2.75) is 6.61 Å². The number of aromatic nitrogens is 1. The van der Waals surface area contributed by atoms with E-state index >= 15 is 0 Å². The lowest BCUT2D eigenvalue weighted by Gasteiger charge is -2.09. The molecule has 0 aliphatic carbocycles. The number of fused-ring (bicyclic) bond motifs is 1. The summed E-state index contributed by atoms with van der Waals surface area (Å²) in [7, 11) is 0. The van der Waals surface area contributed by atoms with Gasteiger partial charge in [-0.3, -0.25) is 4.98 Å². The van der Waals surface area contributed by atoms with Gasteiger partial charge in [-0.1, -0.05) is 42.5 Å². The molecule has 0 spiro atoms. The highest BCUT2D eigenvalue weighted by Gasteiger charge is 2.02. The zero-order valence-electron chi connectivity index (χ0n) is 10.2. The van der Waals surface area contributed by atoms with Gasteiger partial charge in [-0.25, -0.2) is 0 Å². The van der Waals surface area contributed by atoms with Crippen molar-refractivity contribution in [1.82, 2.24) is 4.98 Å². The fourth-order valence-electron chi connectivity index (χ4n) is 2.05. The molecule has 0 atom stereocenters. The molecular weight excluding hydrogens is 302 g/mol. The van der Waals surface area contributed by atoms with Gasteiger partial charge in [-0.05, 0) is 38.3 Å². The number of nitrogens with zero attached hydrogens (tertiary/aromatic N) is 1. The van der Waals surface area contributed by atoms with Crippen molar-refractivity contribution < 1.29 is 4.74 Å². The Bertz CT molecular complexity index is 706. The van der Waals surface area contributed by atoms with Crippen molar-refractivity contribution >= 4 is 26.7 Å². The van der Waals surface area contributed by atoms with Gasteiger partial charge < -0.3 is 4.74 Å². The molecule has 0 aliphatic heterocycles. The zero-order chi connectivity index (χ0) is 13.1. The Morgan fingerprint density at radius 2 is 1.84 bits per heavy atom. The Balaban J connectivity index is 1.86. The van der Waals surface area contributed by atoms with Crippen LogP contribution in [0.4, 0.5) is 0 Å². The number of hydrogen-bond acceptors (Lipinski definition) is 2. The number of pyridine rings is 1. The van der Waals surface area contributed by atoms with Gasteiger partial charge in [-0.2, -0.15) is 0 Å². The number of hydrogen-bond donors (Lipinski definition) is 0. The largest absolute Gasteiger partial charge is 0.487 e. The van der Waals surface area contributed by atoms with Crippen molar-refractivity contribution in [3.8, 4) is 5.75 Å². The summed E-state index contributed by atoms with van der Waals surface area (Å²) in [5.74, 6) is 0.766. The molecule has 3 heteroatoms. The molecule has 0 bridgehead atoms. The molecule has 1 heterocycles. The van der Waals surface area contributed by atoms with Gasteiger partial charge in [0, 0.05) is 10.7 Å². The van der Waals surface area contributed by atoms with Crippen LogP contribution in [0.3, 0.4) is 0 Å². The first-order chi connectivity index (χ1) is 9.33. The van der Waals surface area contributed by atoms with Crippen LogP contribution < -0.4 is 4.74 Å². The van der Waals surface area contributed by atoms with Gasteiger partial charge in [0.1, 0.15) is 12.4 Å². The van der Waals surface area contributed by atoms with E-state index in [4.69, 9.17) is 4.74 Å². The Hall–Kier alpha value is -1.87. The van der Waals surface area contributed by atoms with E-state index in [9.17, 15) is 0 Å². The Kier molecular flexibility index (Phi) is 3.47. The van der Waals surface area contributed by atoms with Gasteiger partial charge in [0.15, 0.2) is 0 Å². The van der Waals surface area contributed by atoms with Gasteiger partial charge in [0.2, 0.25) is 0 Å². The maximum atomic E-state index is 5.79. The lowest BCUT2D eigenvalue weighted by Crippen LogP contribution is -1.96. The molecule has 0 amide bonds. The number of ether oxygens (including phenoxy) is 1. The third-order valence-corrected chi connectivity index (χ3v) is 3.39. The molecular formula is C16H12BrNO. The van der Waals surface area contributed by atoms with Gasteiger partial charge in [0.25, 0.3) is 0 Å². The van der Waals surface area contributed by atoms with Crippen LogP contribution >= 0.6 is 15.9 Å². The molecule has 94 valence electrons. The molecule has 1 aromatic heterocycles. The number of rotatable bonds is 3. The van der Waals surface area contributed by atoms with Crippen molar-refractivity contribution in [3.63, 3.8) is 0 Å². The molecule has 2 aromatic carbocycles. The van der Waals surface area contributed by atoms with E-state index in [1.165, 1.54) is 16.3 Å². The summed E-state index contributed by atoms with van der Waals surface area (Å²) >= 11 is 3.39. The first-order valence-electron chi connectivity index (χ1n) is 6.03. The summed E-state index contributed by atoms with van der Waals surface area (Å²) in [6.45, 7) is 0.541. The number of benzene rings is 2. The second-order valence-corrected chi connectivity index (χ2v) is 5.18. The SMILES string of the molecule is Brc1cncc(OCc2cccc3ccccc23)c1. The Morgan fingerprint density at radius 1 is 1.00 bits per heavy atom. The predicted octanol–water partition coefficient (Wildman–Crippen LogP) is 4.58. The highest BCUT2D eigenvalue weighted by atomic mass is 79.9. The highest BCUT2D eigenvalue weighted by Crippen LogP contribution is 2.21. The average molecular weight is 314 g/mol. The van der Waals surface area contributed by atoms with E-state index in [2.05, 4.69) is 51.2 Å². The monoisotopic (exact) mass is 313 g/mol. The number of halogens is 1. The maximum absolute atomic E-state index is 5.79. The molecule has 0 saturated heterocycles. The zero-order valence-corrected chi connectivity index (χ0v) is 11.8. The molecule has 0 radical (unpaired) electrons. The van der Waals surface area contributed by atoms with Crippen LogP contribution in [0.25, 0.3) is 10.8 Å². The average Bonchev–Trinajstić information content (AvgIpc) is 2.45. The second-order valence-electron chi connectivity index (χ2n) is 4.27. The maximum Gasteiger partial charge on any atom is 0.139 e. The minimum Gasteiger partial charge on any atom is -0.487 e. The third kappa shape index (κ3) is 2.76. The fraction of sp³-hybridized carbons (Fsp3) is 0.0625. The van der Waals surface area contributed by atoms with Gasteiger partial charge in [0.05, 0.1) is 6.20 Å². The Morgan fingerprint density at radius 3 is 2.74 bits per heavy atom. The summed E-state index contributed by atoms with van der Waals surface area (Å²) in [5.41, 5.74) is 1.18. The second kappa shape index (κ2) is 5.41. The van der Waals surface area contributed by atoms with Crippen LogP contribution in [0.15, 0.2) is 65.4 Å². The summed E-state index contributed by atoms with van der Waals surface area (Å²) < 4.78 is 6.71. The van der Waals surface area contributed by atoms with Crippen LogP contribution in [-0.2, 0) is 6.61 Å². The lowest BCUT2D eigenvalue weighted by atomic mass is 10.1. The summed E-state index contributed by atoms with van der Waals surface area (Å²) in [6, 6.07) is 16.5. The van der Waals surface area contributed by atoms with E-state index in [-0.39, 0.29) is 0 Å². The fourth-order valence-corrected chi connectivity index (χ4v) is 2.39. The molecule has 3 aromatic rings. The van der Waals surface area contributed by atoms with Crippen LogP contribution in [0.5, 0.6) is 5.75 Å². The third-order valence-electron chi connectivity index (χ3n) is 2.95. The van der Waals surface area contributed by atoms with Gasteiger partial charge in [-0.15, -0.1) is 0 Å². The minimum atomic E-state index is 0.541. The first kappa shape index (κ1) is 12.2. The molecule has 0 saturated carbocycles. The quantitative estimate of drug-likeness (QED) is 0.706. The molecule has 3 rings (SSSR count). The van der Waals surface area contributed by atoms with E-state index in [1.54, 1.807) is 12.4 Å². The smallest absolute Gasteiger partial charge is 0.139 e. The molecule has 0 aliphatic rings. The van der Waals surface area contributed by atoms with Crippen molar-refractivity contribution in [3.05, 3.63) is 71.0 Å². The molecule has 0 N–H and O–H groups in total. The molecule has 19 heavy (non-hydrogen) atoms. The summed E-state index contributed by atoms with van der Waals surface area (Å²) in [6.07, 6.45) is 3.46. The highest BCUT2D eigenvalue weighted by molar-refractivity contribution is 9.10. The summed E-state index contributed by atoms with van der Waals surface area (Å²) in [5, 5.41) is 2.46. The predicted molar refractivity (Wildman–Crippen MR) is 80.2 cm³/mol. The van der Waals surface area contributed by atoms with Crippen LogP contribution in [0.1, 0.15) is 5.56 Å². The standard InChI is InChI=1S/C16H12BrNO/c17-14-8-15(10-18-9-14)19-11-13-6-3-5-12-4-1-2-7-16(12)13/h1-10H,11H2. The van der Waals surface area contributed by atoms with E-state index in [0.717, 1.165) is 10.2 Å². The van der Waals surface area contributed by atoms with Crippen molar-refractivity contribution in [2.75, 3.05) is 0 Å². The van der Waals surface area contributed by atoms with Crippen molar-refractivity contribution in [2.24, 2.45) is 0 Å². The summed E-state index contributed by atoms with van der Waals surface area (Å²) in [4.78, 5) is 4.09. The molecule has 0 unspecified atom stereocenters. The van der Waals surface area contributed by atoms with E-state index in [1.807, 2.05) is 18.2 Å².